The third-order valence-electron chi connectivity index (χ3n) is 3.63. The highest BCUT2D eigenvalue weighted by Gasteiger charge is 2.09. The van der Waals surface area contributed by atoms with Crippen LogP contribution in [0.1, 0.15) is 15.9 Å². The summed E-state index contributed by atoms with van der Waals surface area (Å²) in [6.45, 7) is 1.90. The smallest absolute Gasteiger partial charge is 0.255 e. The van der Waals surface area contributed by atoms with Crippen molar-refractivity contribution in [2.24, 2.45) is 0 Å². The number of carbonyl (C=O) groups excluding carboxylic acids is 1. The highest BCUT2D eigenvalue weighted by atomic mass is 35.5. The van der Waals surface area contributed by atoms with Crippen LogP contribution in [-0.2, 0) is 0 Å². The van der Waals surface area contributed by atoms with Crippen LogP contribution in [0.2, 0.25) is 10.0 Å². The second kappa shape index (κ2) is 7.55. The lowest BCUT2D eigenvalue weighted by Crippen LogP contribution is -2.13. The molecule has 0 fully saturated rings. The highest BCUT2D eigenvalue weighted by molar-refractivity contribution is 6.43. The molecule has 3 aromatic rings. The van der Waals surface area contributed by atoms with Gasteiger partial charge in [0.2, 0.25) is 0 Å². The number of nitrogens with zero attached hydrogens (tertiary/aromatic N) is 1. The maximum Gasteiger partial charge on any atom is 0.255 e. The van der Waals surface area contributed by atoms with Crippen LogP contribution in [0.3, 0.4) is 0 Å². The van der Waals surface area contributed by atoms with E-state index in [1.54, 1.807) is 36.5 Å². The molecule has 6 heteroatoms. The Bertz CT molecular complexity index is 911. The van der Waals surface area contributed by atoms with Crippen molar-refractivity contribution in [1.29, 1.82) is 0 Å². The molecule has 2 aromatic carbocycles. The van der Waals surface area contributed by atoms with Gasteiger partial charge in [0, 0.05) is 5.56 Å². The van der Waals surface area contributed by atoms with Gasteiger partial charge in [-0.1, -0.05) is 47.5 Å². The lowest BCUT2D eigenvalue weighted by Gasteiger charge is -2.10. The molecular formula is C19H15Cl2N3O. The van der Waals surface area contributed by atoms with Crippen LogP contribution in [0.15, 0.2) is 60.8 Å². The molecule has 1 heterocycles. The molecule has 3 rings (SSSR count). The number of carbonyl (C=O) groups is 1. The number of aryl methyl sites for hydroxylation is 1. The van der Waals surface area contributed by atoms with E-state index in [-0.39, 0.29) is 5.91 Å². The average molecular weight is 372 g/mol. The van der Waals surface area contributed by atoms with Crippen molar-refractivity contribution in [2.75, 3.05) is 10.6 Å². The molecule has 25 heavy (non-hydrogen) atoms. The van der Waals surface area contributed by atoms with E-state index in [0.29, 0.717) is 32.8 Å². The third-order valence-corrected chi connectivity index (χ3v) is 4.44. The molecule has 126 valence electrons. The van der Waals surface area contributed by atoms with E-state index in [4.69, 9.17) is 23.2 Å². The Kier molecular flexibility index (Phi) is 5.22. The third kappa shape index (κ3) is 4.10. The van der Waals surface area contributed by atoms with Gasteiger partial charge >= 0.3 is 0 Å². The van der Waals surface area contributed by atoms with E-state index in [1.807, 2.05) is 31.2 Å². The zero-order chi connectivity index (χ0) is 17.8. The molecule has 4 nitrogen and oxygen atoms in total. The lowest BCUT2D eigenvalue weighted by atomic mass is 10.1. The van der Waals surface area contributed by atoms with Crippen LogP contribution in [-0.4, -0.2) is 10.9 Å². The normalized spacial score (nSPS) is 10.4. The van der Waals surface area contributed by atoms with Crippen molar-refractivity contribution in [2.45, 2.75) is 6.92 Å². The predicted molar refractivity (Wildman–Crippen MR) is 103 cm³/mol. The second-order valence-electron chi connectivity index (χ2n) is 5.43. The fourth-order valence-corrected chi connectivity index (χ4v) is 2.65. The van der Waals surface area contributed by atoms with Gasteiger partial charge in [0.05, 0.1) is 27.6 Å². The molecule has 1 aromatic heterocycles. The highest BCUT2D eigenvalue weighted by Crippen LogP contribution is 2.31. The minimum absolute atomic E-state index is 0.168. The Morgan fingerprint density at radius 1 is 1.00 bits per heavy atom. The van der Waals surface area contributed by atoms with E-state index >= 15 is 0 Å². The predicted octanol–water partition coefficient (Wildman–Crippen LogP) is 5.69. The maximum absolute atomic E-state index is 12.3. The number of halogens is 2. The molecule has 0 saturated carbocycles. The van der Waals surface area contributed by atoms with Crippen LogP contribution in [0, 0.1) is 6.92 Å². The summed E-state index contributed by atoms with van der Waals surface area (Å²) in [4.78, 5) is 16.6. The van der Waals surface area contributed by atoms with Crippen molar-refractivity contribution in [1.82, 2.24) is 4.98 Å². The second-order valence-corrected chi connectivity index (χ2v) is 6.21. The van der Waals surface area contributed by atoms with Crippen molar-refractivity contribution in [3.63, 3.8) is 0 Å². The first-order valence-electron chi connectivity index (χ1n) is 7.58. The van der Waals surface area contributed by atoms with Gasteiger partial charge in [0.1, 0.15) is 5.82 Å². The average Bonchev–Trinajstić information content (AvgIpc) is 2.61. The molecule has 1 amide bonds. The molecule has 2 N–H and O–H groups in total. The van der Waals surface area contributed by atoms with Crippen molar-refractivity contribution >= 4 is 46.3 Å². The van der Waals surface area contributed by atoms with Crippen molar-refractivity contribution in [3.05, 3.63) is 82.0 Å². The Morgan fingerprint density at radius 3 is 2.52 bits per heavy atom. The van der Waals surface area contributed by atoms with Gasteiger partial charge in [-0.05, 0) is 42.8 Å². The topological polar surface area (TPSA) is 54.0 Å². The van der Waals surface area contributed by atoms with Crippen LogP contribution in [0.5, 0.6) is 0 Å². The van der Waals surface area contributed by atoms with Gasteiger partial charge in [-0.2, -0.15) is 0 Å². The zero-order valence-corrected chi connectivity index (χ0v) is 14.9. The quantitative estimate of drug-likeness (QED) is 0.618. The number of rotatable bonds is 4. The van der Waals surface area contributed by atoms with E-state index in [2.05, 4.69) is 15.6 Å². The summed E-state index contributed by atoms with van der Waals surface area (Å²) >= 11 is 12.1. The number of benzene rings is 2. The summed E-state index contributed by atoms with van der Waals surface area (Å²) < 4.78 is 0. The first kappa shape index (κ1) is 17.3. The van der Waals surface area contributed by atoms with Crippen LogP contribution < -0.4 is 10.6 Å². The first-order valence-corrected chi connectivity index (χ1v) is 8.34. The van der Waals surface area contributed by atoms with Gasteiger partial charge in [0.15, 0.2) is 0 Å². The molecule has 0 radical (unpaired) electrons. The molecular weight excluding hydrogens is 357 g/mol. The number of hydrogen-bond donors (Lipinski definition) is 2. The molecule has 0 unspecified atom stereocenters. The van der Waals surface area contributed by atoms with E-state index in [0.717, 1.165) is 5.56 Å². The molecule has 0 spiro atoms. The lowest BCUT2D eigenvalue weighted by molar-refractivity contribution is 0.102. The molecule has 0 atom stereocenters. The summed E-state index contributed by atoms with van der Waals surface area (Å²) in [6, 6.07) is 16.3. The zero-order valence-electron chi connectivity index (χ0n) is 13.4. The van der Waals surface area contributed by atoms with Crippen LogP contribution in [0.4, 0.5) is 17.2 Å². The minimum atomic E-state index is -0.168. The van der Waals surface area contributed by atoms with Gasteiger partial charge in [0.25, 0.3) is 5.91 Å². The Labute approximate surface area is 155 Å². The number of aromatic nitrogens is 1. The SMILES string of the molecule is Cc1ccccc1C(=O)Nc1ccc(Nc2cccc(Cl)c2Cl)nc1. The van der Waals surface area contributed by atoms with Crippen LogP contribution in [0.25, 0.3) is 0 Å². The standard InChI is InChI=1S/C19H15Cl2N3O/c1-12-5-2-3-6-14(12)19(25)23-13-9-10-17(22-11-13)24-16-8-4-7-15(20)18(16)21/h2-11H,1H3,(H,22,24)(H,23,25). The largest absolute Gasteiger partial charge is 0.339 e. The summed E-state index contributed by atoms with van der Waals surface area (Å²) in [5.74, 6) is 0.427. The first-order chi connectivity index (χ1) is 12.0. The molecule has 0 saturated heterocycles. The monoisotopic (exact) mass is 371 g/mol. The number of pyridine rings is 1. The van der Waals surface area contributed by atoms with Crippen LogP contribution >= 0.6 is 23.2 Å². The van der Waals surface area contributed by atoms with Gasteiger partial charge in [-0.15, -0.1) is 0 Å². The summed E-state index contributed by atoms with van der Waals surface area (Å²) in [7, 11) is 0. The Morgan fingerprint density at radius 2 is 1.80 bits per heavy atom. The molecule has 0 aliphatic carbocycles. The van der Waals surface area contributed by atoms with E-state index in [1.165, 1.54) is 0 Å². The molecule has 0 aliphatic rings. The van der Waals surface area contributed by atoms with Crippen molar-refractivity contribution in [3.8, 4) is 0 Å². The Hall–Kier alpha value is -2.56. The van der Waals surface area contributed by atoms with E-state index < -0.39 is 0 Å². The maximum atomic E-state index is 12.3. The fourth-order valence-electron chi connectivity index (χ4n) is 2.31. The summed E-state index contributed by atoms with van der Waals surface area (Å²) in [5.41, 5.74) is 2.83. The molecule has 0 bridgehead atoms. The number of anilines is 3. The number of hydrogen-bond acceptors (Lipinski definition) is 3. The van der Waals surface area contributed by atoms with Gasteiger partial charge in [-0.25, -0.2) is 4.98 Å². The van der Waals surface area contributed by atoms with E-state index in [9.17, 15) is 4.79 Å². The van der Waals surface area contributed by atoms with Gasteiger partial charge < -0.3 is 10.6 Å². The fraction of sp³-hybridized carbons (Fsp3) is 0.0526. The molecule has 0 aliphatic heterocycles. The summed E-state index contributed by atoms with van der Waals surface area (Å²) in [6.07, 6.45) is 1.58. The number of nitrogens with one attached hydrogen (secondary N) is 2. The Balaban J connectivity index is 1.71. The minimum Gasteiger partial charge on any atom is -0.339 e. The number of amides is 1. The van der Waals surface area contributed by atoms with Gasteiger partial charge in [-0.3, -0.25) is 4.79 Å². The summed E-state index contributed by atoms with van der Waals surface area (Å²) in [5, 5.41) is 6.83. The van der Waals surface area contributed by atoms with Crippen molar-refractivity contribution < 1.29 is 4.79 Å².